The fraction of sp³-hybridized carbons (Fsp3) is 0. The van der Waals surface area contributed by atoms with E-state index in [1.165, 1.54) is 0 Å². The SMILES string of the molecule is N#CN(SN=O)[N+](=O)[O-]. The smallest absolute Gasteiger partial charge is 0.233 e. The first-order valence-electron chi connectivity index (χ1n) is 1.56. The van der Waals surface area contributed by atoms with Crippen LogP contribution in [0.1, 0.15) is 0 Å². The third-order valence-corrected chi connectivity index (χ3v) is 0.781. The Labute approximate surface area is 53.6 Å². The van der Waals surface area contributed by atoms with Crippen molar-refractivity contribution in [3.8, 4) is 6.19 Å². The molecule has 0 aromatic heterocycles. The summed E-state index contributed by atoms with van der Waals surface area (Å²) < 4.78 is 1.99. The van der Waals surface area contributed by atoms with Crippen LogP contribution in [0.5, 0.6) is 0 Å². The molecule has 0 spiro atoms. The molecule has 0 aromatic rings. The molecule has 0 aliphatic rings. The Bertz CT molecular complexity index is 162. The molecule has 0 saturated carbocycles. The lowest BCUT2D eigenvalue weighted by molar-refractivity contribution is -0.598. The Hall–Kier alpha value is -1.36. The van der Waals surface area contributed by atoms with Crippen molar-refractivity contribution in [3.05, 3.63) is 15.0 Å². The maximum absolute atomic E-state index is 9.61. The van der Waals surface area contributed by atoms with Crippen LogP contribution in [0, 0.1) is 26.5 Å². The van der Waals surface area contributed by atoms with Gasteiger partial charge in [0.1, 0.15) is 0 Å². The van der Waals surface area contributed by atoms with Gasteiger partial charge >= 0.3 is 0 Å². The molecule has 0 radical (unpaired) electrons. The van der Waals surface area contributed by atoms with E-state index < -0.39 is 5.03 Å². The summed E-state index contributed by atoms with van der Waals surface area (Å²) in [6, 6.07) is 0. The van der Waals surface area contributed by atoms with Crippen LogP contribution in [-0.4, -0.2) is 9.45 Å². The van der Waals surface area contributed by atoms with E-state index in [9.17, 15) is 15.0 Å². The van der Waals surface area contributed by atoms with Crippen molar-refractivity contribution in [2.45, 2.75) is 0 Å². The molecule has 9 heavy (non-hydrogen) atoms. The molecule has 48 valence electrons. The second kappa shape index (κ2) is 3.62. The van der Waals surface area contributed by atoms with Crippen molar-refractivity contribution in [1.82, 2.24) is 4.41 Å². The number of nitroso groups, excluding NO2 is 1. The number of rotatable bonds is 3. The highest BCUT2D eigenvalue weighted by molar-refractivity contribution is 7.95. The van der Waals surface area contributed by atoms with Gasteiger partial charge in [-0.25, -0.2) is 10.1 Å². The molecule has 0 unspecified atom stereocenters. The summed E-state index contributed by atoms with van der Waals surface area (Å²) in [5.41, 5.74) is 0. The zero-order chi connectivity index (χ0) is 7.28. The van der Waals surface area contributed by atoms with E-state index in [2.05, 4.69) is 4.58 Å². The van der Waals surface area contributed by atoms with Gasteiger partial charge in [-0.3, -0.25) is 0 Å². The lowest BCUT2D eigenvalue weighted by atomic mass is 11.4. The molecule has 7 nitrogen and oxygen atoms in total. The van der Waals surface area contributed by atoms with Crippen LogP contribution in [0.25, 0.3) is 0 Å². The van der Waals surface area contributed by atoms with Crippen LogP contribution in [0.15, 0.2) is 4.58 Å². The summed E-state index contributed by atoms with van der Waals surface area (Å²) >= 11 is -0.0729. The number of hydrogen-bond acceptors (Lipinski definition) is 6. The Balaban J connectivity index is 3.86. The van der Waals surface area contributed by atoms with E-state index in [-0.39, 0.29) is 16.5 Å². The number of nitrogens with zero attached hydrogens (tertiary/aromatic N) is 4. The van der Waals surface area contributed by atoms with E-state index in [0.717, 1.165) is 6.19 Å². The molecular formula is CN4O3S. The highest BCUT2D eigenvalue weighted by Gasteiger charge is 2.14. The Kier molecular flexibility index (Phi) is 3.07. The highest BCUT2D eigenvalue weighted by Crippen LogP contribution is 2.06. The molecule has 0 saturated heterocycles. The van der Waals surface area contributed by atoms with E-state index in [4.69, 9.17) is 5.26 Å². The molecule has 0 aliphatic heterocycles. The number of hydrazine groups is 1. The molecule has 0 rings (SSSR count). The third-order valence-electron chi connectivity index (χ3n) is 0.345. The van der Waals surface area contributed by atoms with Crippen LogP contribution in [-0.2, 0) is 0 Å². The van der Waals surface area contributed by atoms with Gasteiger partial charge < -0.3 is 0 Å². The van der Waals surface area contributed by atoms with Gasteiger partial charge in [0.05, 0.1) is 4.41 Å². The Morgan fingerprint density at radius 1 is 1.89 bits per heavy atom. The first-order chi connectivity index (χ1) is 4.22. The van der Waals surface area contributed by atoms with Gasteiger partial charge in [0, 0.05) is 4.58 Å². The molecule has 0 fully saturated rings. The molecule has 0 aromatic carbocycles. The standard InChI is InChI=1S/CN4O3S/c2-1-4(5(7)8)9-3-6. The molecule has 0 atom stereocenters. The van der Waals surface area contributed by atoms with Gasteiger partial charge in [-0.2, -0.15) is 5.26 Å². The lowest BCUT2D eigenvalue weighted by Gasteiger charge is -1.91. The van der Waals surface area contributed by atoms with Gasteiger partial charge in [0.25, 0.3) is 6.19 Å². The summed E-state index contributed by atoms with van der Waals surface area (Å²) in [7, 11) is 0. The monoisotopic (exact) mass is 148 g/mol. The summed E-state index contributed by atoms with van der Waals surface area (Å²) in [6.45, 7) is 0. The van der Waals surface area contributed by atoms with Gasteiger partial charge in [0.15, 0.2) is 5.03 Å². The fourth-order valence-electron chi connectivity index (χ4n) is 0.116. The first-order valence-corrected chi connectivity index (χ1v) is 2.29. The summed E-state index contributed by atoms with van der Waals surface area (Å²) in [5, 5.41) is 16.4. The van der Waals surface area contributed by atoms with Crippen LogP contribution in [0.4, 0.5) is 0 Å². The normalized spacial score (nSPS) is 7.44. The molecule has 0 heterocycles. The van der Waals surface area contributed by atoms with Crippen LogP contribution >= 0.6 is 12.1 Å². The van der Waals surface area contributed by atoms with E-state index >= 15 is 0 Å². The topological polar surface area (TPSA) is 99.6 Å². The fourth-order valence-corrected chi connectivity index (χ4v) is 0.275. The highest BCUT2D eigenvalue weighted by atomic mass is 32.2. The average molecular weight is 148 g/mol. The van der Waals surface area contributed by atoms with Gasteiger partial charge in [-0.05, 0) is 0 Å². The predicted molar refractivity (Wildman–Crippen MR) is 27.8 cm³/mol. The molecule has 0 amide bonds. The maximum Gasteiger partial charge on any atom is 0.261 e. The van der Waals surface area contributed by atoms with E-state index in [1.54, 1.807) is 0 Å². The van der Waals surface area contributed by atoms with Crippen LogP contribution < -0.4 is 0 Å². The van der Waals surface area contributed by atoms with Crippen molar-refractivity contribution in [2.24, 2.45) is 4.58 Å². The largest absolute Gasteiger partial charge is 0.261 e. The molecule has 0 bridgehead atoms. The third kappa shape index (κ3) is 2.45. The first kappa shape index (κ1) is 7.64. The lowest BCUT2D eigenvalue weighted by Crippen LogP contribution is -2.14. The molecule has 0 N–H and O–H groups in total. The zero-order valence-electron chi connectivity index (χ0n) is 3.92. The minimum absolute atomic E-state index is 0.0625. The minimum Gasteiger partial charge on any atom is -0.233 e. The van der Waals surface area contributed by atoms with Gasteiger partial charge in [-0.1, -0.05) is 0 Å². The minimum atomic E-state index is -1.05. The van der Waals surface area contributed by atoms with Gasteiger partial charge in [-0.15, -0.1) is 4.91 Å². The van der Waals surface area contributed by atoms with E-state index in [0.29, 0.717) is 0 Å². The molecule has 8 heteroatoms. The van der Waals surface area contributed by atoms with Crippen molar-refractivity contribution in [3.63, 3.8) is 0 Å². The Morgan fingerprint density at radius 2 is 2.44 bits per heavy atom. The van der Waals surface area contributed by atoms with Gasteiger partial charge in [0.2, 0.25) is 12.1 Å². The van der Waals surface area contributed by atoms with Crippen LogP contribution in [0.3, 0.4) is 0 Å². The number of nitro groups is 1. The zero-order valence-corrected chi connectivity index (χ0v) is 4.74. The van der Waals surface area contributed by atoms with Crippen molar-refractivity contribution in [1.29, 1.82) is 5.26 Å². The Morgan fingerprint density at radius 3 is 2.56 bits per heavy atom. The second-order valence-electron chi connectivity index (χ2n) is 0.767. The summed E-state index contributed by atoms with van der Waals surface area (Å²) in [5.74, 6) is 0. The van der Waals surface area contributed by atoms with Crippen molar-refractivity contribution in [2.75, 3.05) is 0 Å². The number of hydrogen-bond donors (Lipinski definition) is 0. The van der Waals surface area contributed by atoms with E-state index in [1.807, 2.05) is 0 Å². The summed E-state index contributed by atoms with van der Waals surface area (Å²) in [6.07, 6.45) is 1.11. The average Bonchev–Trinajstić information content (AvgIpc) is 1.82. The van der Waals surface area contributed by atoms with Crippen molar-refractivity contribution < 1.29 is 5.03 Å². The molecule has 0 aliphatic carbocycles. The second-order valence-corrected chi connectivity index (χ2v) is 1.43. The van der Waals surface area contributed by atoms with Crippen molar-refractivity contribution >= 4 is 12.1 Å². The molecular weight excluding hydrogens is 148 g/mol. The van der Waals surface area contributed by atoms with Crippen LogP contribution in [0.2, 0.25) is 0 Å². The quantitative estimate of drug-likeness (QED) is 0.142. The maximum atomic E-state index is 9.61. The summed E-state index contributed by atoms with van der Waals surface area (Å²) in [4.78, 5) is 18.9. The predicted octanol–water partition coefficient (Wildman–Crippen LogP) is 0.291. The number of nitriles is 1.